The average molecular weight is 390 g/mol. The highest BCUT2D eigenvalue weighted by molar-refractivity contribution is 7.11. The number of hydrogen-bond acceptors (Lipinski definition) is 5. The van der Waals surface area contributed by atoms with Gasteiger partial charge in [-0.2, -0.15) is 0 Å². The Labute approximate surface area is 162 Å². The molecule has 2 aromatic rings. The van der Waals surface area contributed by atoms with E-state index in [-0.39, 0.29) is 17.9 Å². The smallest absolute Gasteiger partial charge is 0.315 e. The lowest BCUT2D eigenvalue weighted by atomic mass is 10.0. The number of thiazole rings is 1. The number of aromatic nitrogens is 2. The van der Waals surface area contributed by atoms with Crippen LogP contribution in [0, 0.1) is 5.82 Å². The van der Waals surface area contributed by atoms with Crippen molar-refractivity contribution in [2.24, 2.45) is 0 Å². The molecular formula is C19H24FN5OS. The van der Waals surface area contributed by atoms with Crippen molar-refractivity contribution < 1.29 is 9.18 Å². The summed E-state index contributed by atoms with van der Waals surface area (Å²) < 4.78 is 13.8. The first-order chi connectivity index (χ1) is 13.2. The van der Waals surface area contributed by atoms with Crippen LogP contribution in [0.3, 0.4) is 0 Å². The molecule has 1 atom stereocenters. The van der Waals surface area contributed by atoms with E-state index in [0.717, 1.165) is 30.7 Å². The van der Waals surface area contributed by atoms with Crippen molar-refractivity contribution in [3.8, 4) is 0 Å². The van der Waals surface area contributed by atoms with Crippen molar-refractivity contribution >= 4 is 23.2 Å². The van der Waals surface area contributed by atoms with Gasteiger partial charge in [0.05, 0.1) is 10.7 Å². The van der Waals surface area contributed by atoms with E-state index in [1.54, 1.807) is 23.6 Å². The fourth-order valence-electron chi connectivity index (χ4n) is 3.71. The number of carbonyl (C=O) groups excluding carboxylic acids is 1. The first-order valence-electron chi connectivity index (χ1n) is 9.56. The summed E-state index contributed by atoms with van der Waals surface area (Å²) in [6, 6.07) is 2.81. The molecule has 27 heavy (non-hydrogen) atoms. The predicted molar refractivity (Wildman–Crippen MR) is 104 cm³/mol. The first kappa shape index (κ1) is 18.2. The number of halogens is 1. The molecule has 0 spiro atoms. The number of nitrogens with zero attached hydrogens (tertiary/aromatic N) is 3. The molecule has 0 saturated carbocycles. The van der Waals surface area contributed by atoms with E-state index in [0.29, 0.717) is 25.5 Å². The van der Waals surface area contributed by atoms with E-state index >= 15 is 0 Å². The van der Waals surface area contributed by atoms with E-state index in [9.17, 15) is 9.18 Å². The van der Waals surface area contributed by atoms with Gasteiger partial charge < -0.3 is 15.5 Å². The number of aryl methyl sites for hydroxylation is 2. The molecule has 6 nitrogen and oxygen atoms in total. The van der Waals surface area contributed by atoms with Crippen LogP contribution in [0.5, 0.6) is 0 Å². The average Bonchev–Trinajstić information content (AvgIpc) is 3.28. The quantitative estimate of drug-likeness (QED) is 0.825. The lowest BCUT2D eigenvalue weighted by Gasteiger charge is -2.18. The first-order valence-corrected chi connectivity index (χ1v) is 10.4. The van der Waals surface area contributed by atoms with Gasteiger partial charge in [-0.15, -0.1) is 11.3 Å². The Morgan fingerprint density at radius 2 is 2.26 bits per heavy atom. The zero-order chi connectivity index (χ0) is 18.6. The highest BCUT2D eigenvalue weighted by Gasteiger charge is 2.26. The van der Waals surface area contributed by atoms with Crippen LogP contribution < -0.4 is 15.5 Å². The highest BCUT2D eigenvalue weighted by atomic mass is 32.1. The van der Waals surface area contributed by atoms with Crippen LogP contribution >= 0.6 is 11.3 Å². The fraction of sp³-hybridized carbons (Fsp3) is 0.526. The summed E-state index contributed by atoms with van der Waals surface area (Å²) in [4.78, 5) is 24.2. The third kappa shape index (κ3) is 4.37. The lowest BCUT2D eigenvalue weighted by Crippen LogP contribution is -2.44. The molecule has 2 amide bonds. The molecule has 8 heteroatoms. The van der Waals surface area contributed by atoms with Gasteiger partial charge in [0.1, 0.15) is 0 Å². The summed E-state index contributed by atoms with van der Waals surface area (Å²) in [7, 11) is 0. The number of hydrogen-bond donors (Lipinski definition) is 2. The van der Waals surface area contributed by atoms with Crippen molar-refractivity contribution in [2.75, 3.05) is 24.5 Å². The molecule has 1 fully saturated rings. The van der Waals surface area contributed by atoms with Crippen molar-refractivity contribution in [3.05, 3.63) is 39.7 Å². The maximum absolute atomic E-state index is 13.8. The zero-order valence-electron chi connectivity index (χ0n) is 15.2. The van der Waals surface area contributed by atoms with E-state index < -0.39 is 0 Å². The molecule has 0 aromatic carbocycles. The van der Waals surface area contributed by atoms with Crippen LogP contribution in [0.25, 0.3) is 0 Å². The molecular weight excluding hydrogens is 365 g/mol. The summed E-state index contributed by atoms with van der Waals surface area (Å²) >= 11 is 1.79. The third-order valence-electron chi connectivity index (χ3n) is 5.08. The molecule has 2 aromatic heterocycles. The molecule has 2 aliphatic rings. The summed E-state index contributed by atoms with van der Waals surface area (Å²) in [5.41, 5.74) is 1.26. The van der Waals surface area contributed by atoms with Gasteiger partial charge >= 0.3 is 6.03 Å². The van der Waals surface area contributed by atoms with E-state index in [4.69, 9.17) is 4.98 Å². The molecule has 0 radical (unpaired) electrons. The van der Waals surface area contributed by atoms with Crippen LogP contribution in [0.2, 0.25) is 0 Å². The highest BCUT2D eigenvalue weighted by Crippen LogP contribution is 2.26. The number of amides is 2. The number of pyridine rings is 1. The third-order valence-corrected chi connectivity index (χ3v) is 6.29. The van der Waals surface area contributed by atoms with Gasteiger partial charge in [-0.3, -0.25) is 0 Å². The minimum absolute atomic E-state index is 0.00131. The maximum Gasteiger partial charge on any atom is 0.315 e. The Balaban J connectivity index is 1.21. The standard InChI is InChI=1S/C19H24FN5OS/c20-14-4-3-9-21-18(14)25-11-8-13(12-25)23-19(26)22-10-7-17-24-15-5-1-2-6-16(15)27-17/h3-4,9,13H,1-2,5-8,10-12H2,(H2,22,23,26). The lowest BCUT2D eigenvalue weighted by molar-refractivity contribution is 0.238. The van der Waals surface area contributed by atoms with Crippen LogP contribution in [0.15, 0.2) is 18.3 Å². The second-order valence-electron chi connectivity index (χ2n) is 7.08. The zero-order valence-corrected chi connectivity index (χ0v) is 16.0. The predicted octanol–water partition coefficient (Wildman–Crippen LogP) is 2.68. The van der Waals surface area contributed by atoms with Gasteiger partial charge in [0, 0.05) is 43.2 Å². The van der Waals surface area contributed by atoms with Crippen molar-refractivity contribution in [3.63, 3.8) is 0 Å². The molecule has 3 heterocycles. The van der Waals surface area contributed by atoms with Gasteiger partial charge in [-0.05, 0) is 44.2 Å². The summed E-state index contributed by atoms with van der Waals surface area (Å²) in [5.74, 6) is 0.0312. The Morgan fingerprint density at radius 1 is 1.37 bits per heavy atom. The molecule has 4 rings (SSSR count). The summed E-state index contributed by atoms with van der Waals surface area (Å²) in [6.07, 6.45) is 7.87. The molecule has 0 bridgehead atoms. The minimum atomic E-state index is -0.325. The Bertz CT molecular complexity index is 788. The van der Waals surface area contributed by atoms with Gasteiger partial charge in [-0.25, -0.2) is 19.2 Å². The van der Waals surface area contributed by atoms with Crippen molar-refractivity contribution in [1.82, 2.24) is 20.6 Å². The number of carbonyl (C=O) groups is 1. The summed E-state index contributed by atoms with van der Waals surface area (Å²) in [6.45, 7) is 1.83. The second-order valence-corrected chi connectivity index (χ2v) is 8.24. The Kier molecular flexibility index (Phi) is 5.52. The largest absolute Gasteiger partial charge is 0.352 e. The fourth-order valence-corrected chi connectivity index (χ4v) is 4.87. The monoisotopic (exact) mass is 389 g/mol. The number of fused-ring (bicyclic) bond motifs is 1. The maximum atomic E-state index is 13.8. The molecule has 1 aliphatic heterocycles. The van der Waals surface area contributed by atoms with E-state index in [2.05, 4.69) is 15.6 Å². The van der Waals surface area contributed by atoms with Gasteiger partial charge in [0.25, 0.3) is 0 Å². The SMILES string of the molecule is O=C(NCCc1nc2c(s1)CCCC2)NC1CCN(c2ncccc2F)C1. The summed E-state index contributed by atoms with van der Waals surface area (Å²) in [5, 5.41) is 7.00. The molecule has 1 saturated heterocycles. The van der Waals surface area contributed by atoms with Crippen LogP contribution in [0.4, 0.5) is 15.0 Å². The normalized spacial score (nSPS) is 19.0. The number of nitrogens with one attached hydrogen (secondary N) is 2. The molecule has 2 N–H and O–H groups in total. The second kappa shape index (κ2) is 8.21. The van der Waals surface area contributed by atoms with Gasteiger partial charge in [-0.1, -0.05) is 0 Å². The van der Waals surface area contributed by atoms with Crippen molar-refractivity contribution in [1.29, 1.82) is 0 Å². The Hall–Kier alpha value is -2.22. The van der Waals surface area contributed by atoms with Gasteiger partial charge in [0.15, 0.2) is 11.6 Å². The Morgan fingerprint density at radius 3 is 3.11 bits per heavy atom. The van der Waals surface area contributed by atoms with E-state index in [1.165, 1.54) is 29.5 Å². The minimum Gasteiger partial charge on any atom is -0.352 e. The van der Waals surface area contributed by atoms with Gasteiger partial charge in [0.2, 0.25) is 0 Å². The van der Waals surface area contributed by atoms with Crippen molar-refractivity contribution in [2.45, 2.75) is 44.6 Å². The number of urea groups is 1. The number of anilines is 1. The number of rotatable bonds is 5. The topological polar surface area (TPSA) is 70.2 Å². The van der Waals surface area contributed by atoms with E-state index in [1.807, 2.05) is 4.90 Å². The molecule has 1 unspecified atom stereocenters. The van der Waals surface area contributed by atoms with Crippen LogP contribution in [-0.4, -0.2) is 41.7 Å². The van der Waals surface area contributed by atoms with Crippen LogP contribution in [-0.2, 0) is 19.3 Å². The molecule has 144 valence electrons. The van der Waals surface area contributed by atoms with Crippen LogP contribution in [0.1, 0.15) is 34.8 Å². The molecule has 1 aliphatic carbocycles.